The summed E-state index contributed by atoms with van der Waals surface area (Å²) in [7, 11) is 4.31. The zero-order valence-electron chi connectivity index (χ0n) is 18.4. The average Bonchev–Trinajstić information content (AvgIpc) is 3.16. The summed E-state index contributed by atoms with van der Waals surface area (Å²) in [6.07, 6.45) is 4.80. The van der Waals surface area contributed by atoms with E-state index in [1.807, 2.05) is 6.07 Å². The molecule has 2 aliphatic rings. The van der Waals surface area contributed by atoms with Crippen LogP contribution in [-0.4, -0.2) is 49.3 Å². The van der Waals surface area contributed by atoms with E-state index in [-0.39, 0.29) is 0 Å². The van der Waals surface area contributed by atoms with Crippen molar-refractivity contribution in [2.75, 3.05) is 32.1 Å². The molecular weight excluding hydrogens is 360 g/mol. The zero-order valence-corrected chi connectivity index (χ0v) is 18.4. The summed E-state index contributed by atoms with van der Waals surface area (Å²) < 4.78 is 5.64. The van der Waals surface area contributed by atoms with E-state index in [0.717, 1.165) is 24.4 Å². The smallest absolute Gasteiger partial charge is 0.156 e. The lowest BCUT2D eigenvalue weighted by atomic mass is 9.57. The number of nitrogens with one attached hydrogen (secondary N) is 1. The Morgan fingerprint density at radius 3 is 2.62 bits per heavy atom. The van der Waals surface area contributed by atoms with Gasteiger partial charge in [-0.2, -0.15) is 0 Å². The fourth-order valence-electron chi connectivity index (χ4n) is 4.89. The van der Waals surface area contributed by atoms with Crippen molar-refractivity contribution in [1.29, 1.82) is 0 Å². The fraction of sp³-hybridized carbons (Fsp3) is 0.625. The summed E-state index contributed by atoms with van der Waals surface area (Å²) in [5.74, 6) is 1.60. The van der Waals surface area contributed by atoms with E-state index in [1.54, 1.807) is 0 Å². The van der Waals surface area contributed by atoms with Crippen molar-refractivity contribution in [3.63, 3.8) is 0 Å². The second-order valence-corrected chi connectivity index (χ2v) is 9.73. The van der Waals surface area contributed by atoms with Crippen LogP contribution in [0.2, 0.25) is 0 Å². The molecule has 0 spiro atoms. The molecule has 1 aliphatic carbocycles. The maximum Gasteiger partial charge on any atom is 0.156 e. The van der Waals surface area contributed by atoms with Crippen molar-refractivity contribution >= 4 is 5.69 Å². The molecule has 4 rings (SSSR count). The molecule has 1 saturated heterocycles. The fourth-order valence-corrected chi connectivity index (χ4v) is 4.89. The van der Waals surface area contributed by atoms with Gasteiger partial charge in [0.05, 0.1) is 12.2 Å². The topological polar surface area (TPSA) is 44.5 Å². The van der Waals surface area contributed by atoms with Crippen molar-refractivity contribution in [3.05, 3.63) is 47.9 Å². The third-order valence-corrected chi connectivity index (χ3v) is 7.28. The lowest BCUT2D eigenvalue weighted by Gasteiger charge is -2.54. The third-order valence-electron chi connectivity index (χ3n) is 7.28. The molecule has 2 atom stereocenters. The number of hydrogen-bond acceptors (Lipinski definition) is 5. The molecule has 2 fully saturated rings. The van der Waals surface area contributed by atoms with Gasteiger partial charge in [-0.3, -0.25) is 0 Å². The van der Waals surface area contributed by atoms with Crippen molar-refractivity contribution in [3.8, 4) is 0 Å². The van der Waals surface area contributed by atoms with Crippen LogP contribution in [0.1, 0.15) is 44.6 Å². The SMILES string of the molecule is CN1CCC(NC2CC(Cc3cc(CN(C)c4ccccc4)on3)C2(C)C)CC1. The molecule has 1 saturated carbocycles. The van der Waals surface area contributed by atoms with Gasteiger partial charge in [0.2, 0.25) is 0 Å². The number of rotatable bonds is 7. The molecule has 1 aliphatic heterocycles. The van der Waals surface area contributed by atoms with Gasteiger partial charge < -0.3 is 19.6 Å². The van der Waals surface area contributed by atoms with E-state index in [9.17, 15) is 0 Å². The first-order valence-corrected chi connectivity index (χ1v) is 11.1. The normalized spacial score (nSPS) is 25.0. The van der Waals surface area contributed by atoms with Crippen LogP contribution in [0.3, 0.4) is 0 Å². The molecule has 0 radical (unpaired) electrons. The lowest BCUT2D eigenvalue weighted by Crippen LogP contribution is -2.60. The van der Waals surface area contributed by atoms with Crippen LogP contribution in [0.25, 0.3) is 0 Å². The number of para-hydroxylation sites is 1. The van der Waals surface area contributed by atoms with Crippen LogP contribution < -0.4 is 10.2 Å². The highest BCUT2D eigenvalue weighted by atomic mass is 16.5. The van der Waals surface area contributed by atoms with Gasteiger partial charge in [0.25, 0.3) is 0 Å². The quantitative estimate of drug-likeness (QED) is 0.768. The molecule has 2 unspecified atom stereocenters. The van der Waals surface area contributed by atoms with E-state index in [0.29, 0.717) is 23.4 Å². The summed E-state index contributed by atoms with van der Waals surface area (Å²) in [6.45, 7) is 8.00. The zero-order chi connectivity index (χ0) is 20.4. The minimum Gasteiger partial charge on any atom is -0.367 e. The second-order valence-electron chi connectivity index (χ2n) is 9.73. The minimum atomic E-state index is 0.309. The molecule has 2 aromatic rings. The van der Waals surface area contributed by atoms with Gasteiger partial charge in [-0.15, -0.1) is 0 Å². The molecule has 0 amide bonds. The van der Waals surface area contributed by atoms with Gasteiger partial charge in [-0.05, 0) is 69.3 Å². The number of nitrogens with zero attached hydrogens (tertiary/aromatic N) is 3. The average molecular weight is 397 g/mol. The summed E-state index contributed by atoms with van der Waals surface area (Å²) in [5.41, 5.74) is 2.59. The summed E-state index contributed by atoms with van der Waals surface area (Å²) >= 11 is 0. The second kappa shape index (κ2) is 8.49. The Labute approximate surface area is 175 Å². The van der Waals surface area contributed by atoms with Gasteiger partial charge >= 0.3 is 0 Å². The van der Waals surface area contributed by atoms with Crippen LogP contribution in [0, 0.1) is 11.3 Å². The Hall–Kier alpha value is -1.85. The first-order valence-electron chi connectivity index (χ1n) is 11.1. The van der Waals surface area contributed by atoms with Crippen LogP contribution in [-0.2, 0) is 13.0 Å². The van der Waals surface area contributed by atoms with Crippen LogP contribution in [0.5, 0.6) is 0 Å². The minimum absolute atomic E-state index is 0.309. The molecule has 158 valence electrons. The number of anilines is 1. The van der Waals surface area contributed by atoms with E-state index in [4.69, 9.17) is 4.52 Å². The Morgan fingerprint density at radius 1 is 1.21 bits per heavy atom. The van der Waals surface area contributed by atoms with E-state index in [1.165, 1.54) is 38.0 Å². The third kappa shape index (κ3) is 4.67. The predicted molar refractivity (Wildman–Crippen MR) is 118 cm³/mol. The van der Waals surface area contributed by atoms with E-state index in [2.05, 4.69) is 78.5 Å². The van der Waals surface area contributed by atoms with Gasteiger partial charge in [0.1, 0.15) is 0 Å². The molecule has 5 nitrogen and oxygen atoms in total. The maximum atomic E-state index is 5.64. The molecule has 2 heterocycles. The van der Waals surface area contributed by atoms with Crippen molar-refractivity contribution in [2.24, 2.45) is 11.3 Å². The first-order chi connectivity index (χ1) is 13.9. The Bertz CT molecular complexity index is 779. The molecule has 5 heteroatoms. The highest BCUT2D eigenvalue weighted by Crippen LogP contribution is 2.48. The molecule has 1 aromatic heterocycles. The standard InChI is InChI=1S/C24H36N4O/c1-24(2)18(15-23(24)25-19-10-12-27(3)13-11-19)14-20-16-22(29-26-20)17-28(4)21-8-6-5-7-9-21/h5-9,16,18-19,23,25H,10-15,17H2,1-4H3. The number of likely N-dealkylation sites (tertiary alicyclic amines) is 1. The summed E-state index contributed by atoms with van der Waals surface area (Å²) in [4.78, 5) is 4.63. The Morgan fingerprint density at radius 2 is 1.93 bits per heavy atom. The Kier molecular flexibility index (Phi) is 5.98. The summed E-state index contributed by atoms with van der Waals surface area (Å²) in [5, 5.41) is 8.33. The number of benzene rings is 1. The van der Waals surface area contributed by atoms with Crippen molar-refractivity contribution in [1.82, 2.24) is 15.4 Å². The largest absolute Gasteiger partial charge is 0.367 e. The first kappa shape index (κ1) is 20.4. The van der Waals surface area contributed by atoms with Crippen molar-refractivity contribution in [2.45, 2.75) is 58.2 Å². The number of hydrogen-bond donors (Lipinski definition) is 1. The maximum absolute atomic E-state index is 5.64. The van der Waals surface area contributed by atoms with E-state index < -0.39 is 0 Å². The molecular formula is C24H36N4O. The lowest BCUT2D eigenvalue weighted by molar-refractivity contribution is 0.00206. The highest BCUT2D eigenvalue weighted by molar-refractivity contribution is 5.45. The van der Waals surface area contributed by atoms with Gasteiger partial charge in [-0.25, -0.2) is 0 Å². The van der Waals surface area contributed by atoms with Gasteiger partial charge in [-0.1, -0.05) is 37.2 Å². The van der Waals surface area contributed by atoms with Crippen LogP contribution in [0.4, 0.5) is 5.69 Å². The van der Waals surface area contributed by atoms with Gasteiger partial charge in [0, 0.05) is 30.9 Å². The number of piperidine rings is 1. The molecule has 1 N–H and O–H groups in total. The highest BCUT2D eigenvalue weighted by Gasteiger charge is 2.48. The van der Waals surface area contributed by atoms with Gasteiger partial charge in [0.15, 0.2) is 5.76 Å². The van der Waals surface area contributed by atoms with Crippen LogP contribution >= 0.6 is 0 Å². The monoisotopic (exact) mass is 396 g/mol. The Balaban J connectivity index is 1.28. The van der Waals surface area contributed by atoms with E-state index >= 15 is 0 Å². The summed E-state index contributed by atoms with van der Waals surface area (Å²) in [6, 6.07) is 13.8. The number of aromatic nitrogens is 1. The molecule has 1 aromatic carbocycles. The molecule has 29 heavy (non-hydrogen) atoms. The predicted octanol–water partition coefficient (Wildman–Crippen LogP) is 3.95. The molecule has 0 bridgehead atoms. The van der Waals surface area contributed by atoms with Crippen LogP contribution in [0.15, 0.2) is 40.9 Å². The van der Waals surface area contributed by atoms with Crippen molar-refractivity contribution < 1.29 is 4.52 Å².